The zero-order chi connectivity index (χ0) is 20.3. The highest BCUT2D eigenvalue weighted by molar-refractivity contribution is 7.89. The lowest BCUT2D eigenvalue weighted by Crippen LogP contribution is -2.32. The Morgan fingerprint density at radius 1 is 1.29 bits per heavy atom. The summed E-state index contributed by atoms with van der Waals surface area (Å²) in [4.78, 5) is 22.1. The number of nitrogens with one attached hydrogen (secondary N) is 1. The molecule has 0 unspecified atom stereocenters. The van der Waals surface area contributed by atoms with Gasteiger partial charge in [-0.2, -0.15) is 0 Å². The van der Waals surface area contributed by atoms with Crippen molar-refractivity contribution >= 4 is 27.1 Å². The number of rotatable bonds is 7. The molecule has 0 saturated carbocycles. The highest BCUT2D eigenvalue weighted by Crippen LogP contribution is 2.24. The van der Waals surface area contributed by atoms with E-state index in [9.17, 15) is 13.2 Å². The van der Waals surface area contributed by atoms with Crippen molar-refractivity contribution in [2.75, 3.05) is 25.9 Å². The third-order valence-corrected chi connectivity index (χ3v) is 7.07. The van der Waals surface area contributed by atoms with Crippen LogP contribution in [0, 0.1) is 6.92 Å². The van der Waals surface area contributed by atoms with Crippen molar-refractivity contribution in [1.82, 2.24) is 24.2 Å². The van der Waals surface area contributed by atoms with E-state index in [1.165, 1.54) is 10.7 Å². The van der Waals surface area contributed by atoms with Gasteiger partial charge in [-0.3, -0.25) is 4.79 Å². The number of hydrogen-bond donors (Lipinski definition) is 1. The van der Waals surface area contributed by atoms with Crippen molar-refractivity contribution < 1.29 is 13.2 Å². The molecule has 3 rings (SSSR count). The average molecular weight is 408 g/mol. The fraction of sp³-hybridized carbons (Fsp3) is 0.632. The molecule has 9 heteroatoms. The van der Waals surface area contributed by atoms with Gasteiger partial charge in [0.2, 0.25) is 10.0 Å². The molecule has 0 aliphatic carbocycles. The maximum atomic E-state index is 12.8. The Morgan fingerprint density at radius 3 is 2.82 bits per heavy atom. The molecule has 28 heavy (non-hydrogen) atoms. The summed E-state index contributed by atoms with van der Waals surface area (Å²) in [6.07, 6.45) is 4.86. The number of hydrogen-bond acceptors (Lipinski definition) is 5. The second-order valence-corrected chi connectivity index (χ2v) is 9.67. The molecule has 1 amide bonds. The van der Waals surface area contributed by atoms with Gasteiger partial charge in [0.25, 0.3) is 5.91 Å². The molecular formula is C19H29N5O3S. The van der Waals surface area contributed by atoms with Crippen LogP contribution >= 0.6 is 0 Å². The topological polar surface area (TPSA) is 97.2 Å². The van der Waals surface area contributed by atoms with Gasteiger partial charge in [0, 0.05) is 38.8 Å². The van der Waals surface area contributed by atoms with E-state index in [2.05, 4.69) is 14.9 Å². The lowest BCUT2D eigenvalue weighted by molar-refractivity contribution is 0.0954. The number of nitrogens with zero attached hydrogens (tertiary/aromatic N) is 4. The van der Waals surface area contributed by atoms with E-state index in [1.54, 1.807) is 20.0 Å². The monoisotopic (exact) mass is 407 g/mol. The molecule has 0 atom stereocenters. The van der Waals surface area contributed by atoms with E-state index < -0.39 is 10.0 Å². The third kappa shape index (κ3) is 4.35. The maximum Gasteiger partial charge on any atom is 0.253 e. The van der Waals surface area contributed by atoms with Crippen LogP contribution in [0.15, 0.2) is 6.07 Å². The largest absolute Gasteiger partial charge is 0.352 e. The van der Waals surface area contributed by atoms with Gasteiger partial charge in [-0.15, -0.1) is 0 Å². The molecule has 1 aliphatic heterocycles. The predicted octanol–water partition coefficient (Wildman–Crippen LogP) is 1.87. The molecule has 1 N–H and O–H groups in total. The van der Waals surface area contributed by atoms with Crippen LogP contribution in [0.2, 0.25) is 0 Å². The molecule has 1 aliphatic rings. The first-order valence-corrected chi connectivity index (χ1v) is 11.5. The van der Waals surface area contributed by atoms with Crippen molar-refractivity contribution in [3.05, 3.63) is 23.1 Å². The van der Waals surface area contributed by atoms with Crippen molar-refractivity contribution in [2.45, 2.75) is 52.5 Å². The molecular weight excluding hydrogens is 378 g/mol. The Bertz CT molecular complexity index is 968. The lowest BCUT2D eigenvalue weighted by atomic mass is 10.2. The highest BCUT2D eigenvalue weighted by atomic mass is 32.2. The Labute approximate surface area is 166 Å². The van der Waals surface area contributed by atoms with E-state index in [-0.39, 0.29) is 11.7 Å². The van der Waals surface area contributed by atoms with Crippen molar-refractivity contribution in [2.24, 2.45) is 0 Å². The molecule has 154 valence electrons. The van der Waals surface area contributed by atoms with Crippen molar-refractivity contribution in [3.63, 3.8) is 0 Å². The summed E-state index contributed by atoms with van der Waals surface area (Å²) < 4.78 is 27.0. The molecule has 0 radical (unpaired) electrons. The smallest absolute Gasteiger partial charge is 0.253 e. The van der Waals surface area contributed by atoms with Crippen LogP contribution in [-0.4, -0.2) is 59.1 Å². The number of pyridine rings is 1. The number of carbonyl (C=O) groups is 1. The summed E-state index contributed by atoms with van der Waals surface area (Å²) in [5, 5.41) is 2.90. The fourth-order valence-electron chi connectivity index (χ4n) is 3.55. The minimum absolute atomic E-state index is 0.0785. The Morgan fingerprint density at radius 2 is 2.07 bits per heavy atom. The number of amides is 1. The van der Waals surface area contributed by atoms with Crippen LogP contribution in [0.3, 0.4) is 0 Å². The van der Waals surface area contributed by atoms with Gasteiger partial charge in [0.1, 0.15) is 11.3 Å². The number of fused-ring (bicyclic) bond motifs is 3. The van der Waals surface area contributed by atoms with Crippen LogP contribution in [-0.2, 0) is 23.0 Å². The molecule has 0 bridgehead atoms. The zero-order valence-electron chi connectivity index (χ0n) is 16.9. The zero-order valence-corrected chi connectivity index (χ0v) is 17.7. The van der Waals surface area contributed by atoms with Gasteiger partial charge < -0.3 is 9.88 Å². The molecule has 2 aromatic rings. The van der Waals surface area contributed by atoms with Crippen LogP contribution in [0.1, 0.15) is 54.5 Å². The molecule has 3 heterocycles. The SMILES string of the molecule is CCS(=O)(=O)N(C)CCCNC(=O)c1cc(C)nc2c1nc1n2CCCCC1. The van der Waals surface area contributed by atoms with Gasteiger partial charge in [-0.05, 0) is 39.2 Å². The number of sulfonamides is 1. The third-order valence-electron chi connectivity index (χ3n) is 5.21. The number of aromatic nitrogens is 3. The van der Waals surface area contributed by atoms with E-state index in [1.807, 2.05) is 6.92 Å². The summed E-state index contributed by atoms with van der Waals surface area (Å²) in [5.41, 5.74) is 2.78. The molecule has 0 saturated heterocycles. The summed E-state index contributed by atoms with van der Waals surface area (Å²) in [6, 6.07) is 1.78. The number of aryl methyl sites for hydroxylation is 3. The molecule has 0 fully saturated rings. The minimum Gasteiger partial charge on any atom is -0.352 e. The van der Waals surface area contributed by atoms with Crippen LogP contribution in [0.4, 0.5) is 0 Å². The normalized spacial score (nSPS) is 14.9. The summed E-state index contributed by atoms with van der Waals surface area (Å²) in [5.74, 6) is 0.894. The quantitative estimate of drug-likeness (QED) is 0.707. The molecule has 8 nitrogen and oxygen atoms in total. The molecule has 0 spiro atoms. The lowest BCUT2D eigenvalue weighted by Gasteiger charge is -2.15. The van der Waals surface area contributed by atoms with E-state index >= 15 is 0 Å². The van der Waals surface area contributed by atoms with Crippen molar-refractivity contribution in [3.8, 4) is 0 Å². The van der Waals surface area contributed by atoms with Gasteiger partial charge in [-0.1, -0.05) is 6.42 Å². The standard InChI is InChI=1S/C19H29N5O3S/c1-4-28(26,27)23(3)11-8-10-20-19(25)15-13-14(2)21-18-17(15)22-16-9-6-5-7-12-24(16)18/h13H,4-12H2,1-3H3,(H,20,25). The average Bonchev–Trinajstić information content (AvgIpc) is 2.85. The molecule has 2 aromatic heterocycles. The van der Waals surface area contributed by atoms with E-state index in [0.29, 0.717) is 30.6 Å². The van der Waals surface area contributed by atoms with E-state index in [0.717, 1.165) is 43.0 Å². The molecule has 0 aromatic carbocycles. The minimum atomic E-state index is -3.19. The Balaban J connectivity index is 1.72. The van der Waals surface area contributed by atoms with Gasteiger partial charge >= 0.3 is 0 Å². The van der Waals surface area contributed by atoms with Crippen molar-refractivity contribution in [1.29, 1.82) is 0 Å². The van der Waals surface area contributed by atoms with E-state index in [4.69, 9.17) is 4.98 Å². The second kappa shape index (κ2) is 8.57. The number of carbonyl (C=O) groups excluding carboxylic acids is 1. The first-order chi connectivity index (χ1) is 13.3. The maximum absolute atomic E-state index is 12.8. The summed E-state index contributed by atoms with van der Waals surface area (Å²) >= 11 is 0. The first-order valence-electron chi connectivity index (χ1n) is 9.92. The van der Waals surface area contributed by atoms with Crippen LogP contribution in [0.5, 0.6) is 0 Å². The van der Waals surface area contributed by atoms with Crippen LogP contribution < -0.4 is 5.32 Å². The number of imidazole rings is 1. The van der Waals surface area contributed by atoms with Crippen LogP contribution in [0.25, 0.3) is 11.2 Å². The van der Waals surface area contributed by atoms with Gasteiger partial charge in [0.05, 0.1) is 11.3 Å². The summed E-state index contributed by atoms with van der Waals surface area (Å²) in [6.45, 7) is 5.18. The Hall–Kier alpha value is -2.00. The fourth-order valence-corrected chi connectivity index (χ4v) is 4.40. The summed E-state index contributed by atoms with van der Waals surface area (Å²) in [7, 11) is -1.63. The van der Waals surface area contributed by atoms with Gasteiger partial charge in [0.15, 0.2) is 5.65 Å². The van der Waals surface area contributed by atoms with Gasteiger partial charge in [-0.25, -0.2) is 22.7 Å². The first kappa shape index (κ1) is 20.7. The highest BCUT2D eigenvalue weighted by Gasteiger charge is 2.21. The second-order valence-electron chi connectivity index (χ2n) is 7.31. The predicted molar refractivity (Wildman–Crippen MR) is 109 cm³/mol. The Kier molecular flexibility index (Phi) is 6.34.